The Labute approximate surface area is 798 Å². The Hall–Kier alpha value is -17.0. The maximum atomic E-state index is 2.43. The molecule has 0 aliphatic heterocycles. The summed E-state index contributed by atoms with van der Waals surface area (Å²) in [5.74, 6) is 0. The van der Waals surface area contributed by atoms with E-state index in [1.54, 1.807) is 0 Å². The summed E-state index contributed by atoms with van der Waals surface area (Å²) in [5, 5.41) is 5.07. The largest absolute Gasteiger partial charge is 0.310 e. The number of nitrogens with zero attached hydrogens (tertiary/aromatic N) is 2. The average Bonchev–Trinajstić information content (AvgIpc) is 1.57. The molecule has 2 nitrogen and oxygen atoms in total. The van der Waals surface area contributed by atoms with Gasteiger partial charge in [-0.1, -0.05) is 458 Å². The van der Waals surface area contributed by atoms with Crippen molar-refractivity contribution in [3.8, 4) is 156 Å². The van der Waals surface area contributed by atoms with Crippen LogP contribution in [0.25, 0.3) is 177 Å². The van der Waals surface area contributed by atoms with E-state index in [1.165, 1.54) is 200 Å². The first-order valence-corrected chi connectivity index (χ1v) is 47.3. The van der Waals surface area contributed by atoms with Crippen LogP contribution in [0.4, 0.5) is 34.1 Å². The third-order valence-electron chi connectivity index (χ3n) is 28.3. The first-order valence-electron chi connectivity index (χ1n) is 47.3. The molecule has 2 heteroatoms. The highest BCUT2D eigenvalue weighted by atomic mass is 15.1. The smallest absolute Gasteiger partial charge is 0.0465 e. The van der Waals surface area contributed by atoms with Crippen molar-refractivity contribution in [3.05, 3.63) is 544 Å². The van der Waals surface area contributed by atoms with Gasteiger partial charge in [0.2, 0.25) is 0 Å². The summed E-state index contributed by atoms with van der Waals surface area (Å²) in [6, 6.07) is 191. The predicted octanol–water partition coefficient (Wildman–Crippen LogP) is 37.2. The van der Waals surface area contributed by atoms with E-state index in [9.17, 15) is 0 Å². The number of fused-ring (bicyclic) bond motifs is 8. The minimum atomic E-state index is -0.212. The molecular weight excluding hydrogens is 1640 g/mol. The fourth-order valence-electron chi connectivity index (χ4n) is 20.7. The first kappa shape index (κ1) is 83.3. The van der Waals surface area contributed by atoms with Crippen LogP contribution in [0.1, 0.15) is 49.9 Å². The number of anilines is 6. The molecule has 2 aliphatic carbocycles. The van der Waals surface area contributed by atoms with Crippen molar-refractivity contribution < 1.29 is 0 Å². The predicted molar refractivity (Wildman–Crippen MR) is 578 cm³/mol. The third kappa shape index (κ3) is 16.2. The third-order valence-corrected chi connectivity index (χ3v) is 28.3. The molecule has 0 bridgehead atoms. The molecule has 2 aliphatic rings. The number of hydrogen-bond acceptors (Lipinski definition) is 2. The molecular formula is C134H98N2. The van der Waals surface area contributed by atoms with Crippen molar-refractivity contribution in [2.75, 3.05) is 9.80 Å². The quantitative estimate of drug-likeness (QED) is 0.0845. The normalized spacial score (nSPS) is 12.4. The van der Waals surface area contributed by atoms with E-state index in [2.05, 4.69) is 559 Å². The Morgan fingerprint density at radius 2 is 0.331 bits per heavy atom. The zero-order chi connectivity index (χ0) is 91.2. The Kier molecular flexibility index (Phi) is 21.8. The van der Waals surface area contributed by atoms with Crippen molar-refractivity contribution in [2.45, 2.75) is 38.5 Å². The molecule has 0 saturated carbocycles. The van der Waals surface area contributed by atoms with Gasteiger partial charge in [-0.15, -0.1) is 0 Å². The molecule has 0 radical (unpaired) electrons. The van der Waals surface area contributed by atoms with Gasteiger partial charge in [0.1, 0.15) is 0 Å². The molecule has 0 amide bonds. The lowest BCUT2D eigenvalue weighted by Gasteiger charge is -2.28. The minimum absolute atomic E-state index is 0.209. The van der Waals surface area contributed by atoms with Crippen LogP contribution in [0.2, 0.25) is 0 Å². The van der Waals surface area contributed by atoms with Gasteiger partial charge in [-0.3, -0.25) is 0 Å². The van der Waals surface area contributed by atoms with Crippen molar-refractivity contribution in [2.24, 2.45) is 0 Å². The SMILES string of the molecule is CC1(C)c2cc(-c3ccc(-c4ccc5ccccc5c4)cc3)ccc2-c2ccc(N(c3ccc(-c4ccc(-c5ccccc5)cc4)cc3)c3ccc(-c4ccc(-c5ccccc5)cc4)cc3)cc21.CC1(C)c2cc(-c3ccc(-c4cccc5ccccc45)cc3)ccc2-c2ccc(N(c3ccc(-c4ccc(-c5ccccc5)cc4)cc3)c3ccc(-c4ccc(-c5ccccc5)cc4)cc3)cc21. The van der Waals surface area contributed by atoms with Crippen LogP contribution in [0.15, 0.2) is 522 Å². The topological polar surface area (TPSA) is 6.48 Å². The molecule has 0 spiro atoms. The average molecular weight is 1740 g/mol. The summed E-state index contributed by atoms with van der Waals surface area (Å²) < 4.78 is 0. The van der Waals surface area contributed by atoms with Crippen LogP contribution in [0, 0.1) is 0 Å². The molecule has 22 aromatic rings. The number of hydrogen-bond donors (Lipinski definition) is 0. The summed E-state index contributed by atoms with van der Waals surface area (Å²) >= 11 is 0. The molecule has 0 unspecified atom stereocenters. The highest BCUT2D eigenvalue weighted by Crippen LogP contribution is 2.55. The summed E-state index contributed by atoms with van der Waals surface area (Å²) in [6.07, 6.45) is 0. The van der Waals surface area contributed by atoms with Gasteiger partial charge < -0.3 is 9.80 Å². The van der Waals surface area contributed by atoms with Crippen LogP contribution in [-0.4, -0.2) is 0 Å². The van der Waals surface area contributed by atoms with Crippen molar-refractivity contribution in [3.63, 3.8) is 0 Å². The number of rotatable bonds is 18. The van der Waals surface area contributed by atoms with Crippen LogP contribution >= 0.6 is 0 Å². The zero-order valence-corrected chi connectivity index (χ0v) is 76.5. The molecule has 0 heterocycles. The molecule has 136 heavy (non-hydrogen) atoms. The second kappa shape index (κ2) is 35.6. The molecule has 0 saturated heterocycles. The number of benzene rings is 22. The highest BCUT2D eigenvalue weighted by Gasteiger charge is 2.39. The summed E-state index contributed by atoms with van der Waals surface area (Å²) in [7, 11) is 0. The molecule has 0 atom stereocenters. The lowest BCUT2D eigenvalue weighted by atomic mass is 9.81. The van der Waals surface area contributed by atoms with Gasteiger partial charge in [0, 0.05) is 45.0 Å². The zero-order valence-electron chi connectivity index (χ0n) is 76.5. The molecule has 24 rings (SSSR count). The Bertz CT molecular complexity index is 7850. The van der Waals surface area contributed by atoms with E-state index >= 15 is 0 Å². The lowest BCUT2D eigenvalue weighted by Crippen LogP contribution is -2.16. The maximum Gasteiger partial charge on any atom is 0.0465 e. The highest BCUT2D eigenvalue weighted by molar-refractivity contribution is 5.98. The Balaban J connectivity index is 0.000000153. The van der Waals surface area contributed by atoms with Crippen LogP contribution < -0.4 is 9.80 Å². The van der Waals surface area contributed by atoms with E-state index in [-0.39, 0.29) is 10.8 Å². The van der Waals surface area contributed by atoms with E-state index in [4.69, 9.17) is 0 Å². The molecule has 0 aromatic heterocycles. The van der Waals surface area contributed by atoms with E-state index in [0.29, 0.717) is 0 Å². The molecule has 0 fully saturated rings. The summed E-state index contributed by atoms with van der Waals surface area (Å²) in [4.78, 5) is 4.82. The van der Waals surface area contributed by atoms with Gasteiger partial charge in [0.25, 0.3) is 0 Å². The maximum absolute atomic E-state index is 2.43. The van der Waals surface area contributed by atoms with Crippen molar-refractivity contribution in [1.29, 1.82) is 0 Å². The van der Waals surface area contributed by atoms with Crippen LogP contribution in [-0.2, 0) is 10.8 Å². The van der Waals surface area contributed by atoms with Crippen LogP contribution in [0.5, 0.6) is 0 Å². The monoisotopic (exact) mass is 1730 g/mol. The van der Waals surface area contributed by atoms with E-state index in [0.717, 1.165) is 34.1 Å². The van der Waals surface area contributed by atoms with Crippen LogP contribution in [0.3, 0.4) is 0 Å². The Morgan fingerprint density at radius 1 is 0.125 bits per heavy atom. The Morgan fingerprint density at radius 3 is 0.647 bits per heavy atom. The van der Waals surface area contributed by atoms with Gasteiger partial charge in [0.05, 0.1) is 0 Å². The van der Waals surface area contributed by atoms with Crippen molar-refractivity contribution in [1.82, 2.24) is 0 Å². The van der Waals surface area contributed by atoms with Crippen molar-refractivity contribution >= 4 is 55.7 Å². The lowest BCUT2D eigenvalue weighted by molar-refractivity contribution is 0.660. The summed E-state index contributed by atoms with van der Waals surface area (Å²) in [6.45, 7) is 9.53. The second-order valence-electron chi connectivity index (χ2n) is 37.1. The standard InChI is InChI=1S/2C67H49N/c1-67(2)65-44-57(54-28-30-56(31-29-54)62-19-11-17-55-16-9-10-18-61(55)62)36-42-63(65)64-43-41-60(45-66(64)67)68(58-37-32-52(33-38-58)50-24-20-48(21-25-50)46-12-5-3-6-13-46)59-39-34-53(35-40-59)51-26-22-49(23-27-51)47-14-7-4-8-15-47;1-67(2)65-44-59(56-27-25-55(26-28-56)58-30-29-48-15-9-10-16-57(48)43-58)35-41-63(65)64-42-40-62(45-66(64)67)68(60-36-31-53(32-37-60)51-21-17-49(18-22-51)46-11-5-3-6-12-46)61-38-33-54(34-39-61)52-23-19-50(20-24-52)47-13-7-4-8-14-47/h2*3-45H,1-2H3. The van der Waals surface area contributed by atoms with Gasteiger partial charge in [-0.25, -0.2) is 0 Å². The molecule has 644 valence electrons. The molecule has 22 aromatic carbocycles. The fraction of sp³-hybridized carbons (Fsp3) is 0.0448. The second-order valence-corrected chi connectivity index (χ2v) is 37.1. The molecule has 0 N–H and O–H groups in total. The summed E-state index contributed by atoms with van der Waals surface area (Å²) in [5.41, 5.74) is 46.1. The van der Waals surface area contributed by atoms with E-state index < -0.39 is 0 Å². The van der Waals surface area contributed by atoms with Gasteiger partial charge in [0.15, 0.2) is 0 Å². The fourth-order valence-corrected chi connectivity index (χ4v) is 20.7. The van der Waals surface area contributed by atoms with E-state index in [1.807, 2.05) is 0 Å². The minimum Gasteiger partial charge on any atom is -0.310 e. The first-order chi connectivity index (χ1) is 66.9. The van der Waals surface area contributed by atoms with Gasteiger partial charge in [-0.05, 0) is 291 Å². The van der Waals surface area contributed by atoms with Gasteiger partial charge in [-0.2, -0.15) is 0 Å². The van der Waals surface area contributed by atoms with Gasteiger partial charge >= 0.3 is 0 Å².